The molecule has 0 aromatic carbocycles. The molecule has 0 radical (unpaired) electrons. The van der Waals surface area contributed by atoms with E-state index >= 15 is 0 Å². The molecule has 0 aliphatic carbocycles. The van der Waals surface area contributed by atoms with Crippen LogP contribution in [0.5, 0.6) is 0 Å². The smallest absolute Gasteiger partial charge is 0.153 e. The molecule has 2 aromatic rings. The predicted octanol–water partition coefficient (Wildman–Crippen LogP) is 1.92. The molecule has 82 valence electrons. The average molecular weight is 219 g/mol. The van der Waals surface area contributed by atoms with Gasteiger partial charge < -0.3 is 0 Å². The molecule has 0 amide bonds. The van der Waals surface area contributed by atoms with Crippen LogP contribution in [0.2, 0.25) is 0 Å². The second-order valence-electron chi connectivity index (χ2n) is 3.27. The zero-order valence-electron chi connectivity index (χ0n) is 8.72. The van der Waals surface area contributed by atoms with Gasteiger partial charge in [-0.05, 0) is 19.1 Å². The minimum atomic E-state index is -0.411. The van der Waals surface area contributed by atoms with Crippen LogP contribution >= 0.6 is 0 Å². The van der Waals surface area contributed by atoms with E-state index in [1.165, 1.54) is 12.1 Å². The summed E-state index contributed by atoms with van der Waals surface area (Å²) in [5.41, 5.74) is 1.44. The Kier molecular flexibility index (Phi) is 2.76. The number of carbonyl (C=O) groups is 1. The zero-order valence-corrected chi connectivity index (χ0v) is 8.72. The van der Waals surface area contributed by atoms with Crippen LogP contribution in [0, 0.1) is 5.82 Å². The molecule has 0 fully saturated rings. The number of hydrogen-bond acceptors (Lipinski definition) is 3. The molecule has 0 saturated heterocycles. The lowest BCUT2D eigenvalue weighted by Gasteiger charge is -1.96. The normalized spacial score (nSPS) is 10.4. The number of aldehydes is 1. The van der Waals surface area contributed by atoms with Gasteiger partial charge in [0.25, 0.3) is 0 Å². The van der Waals surface area contributed by atoms with Crippen molar-refractivity contribution in [3.05, 3.63) is 35.9 Å². The molecule has 0 aliphatic rings. The first kappa shape index (κ1) is 10.5. The molecule has 2 heterocycles. The number of hydrogen-bond donors (Lipinski definition) is 0. The van der Waals surface area contributed by atoms with Gasteiger partial charge in [-0.3, -0.25) is 14.5 Å². The number of aromatic nitrogens is 3. The standard InChI is InChI=1S/C11H10FN3O/c1-2-15-6-8(7-16)11(14-15)10-4-3-9(12)5-13-10/h3-7H,2H2,1H3. The van der Waals surface area contributed by atoms with E-state index in [2.05, 4.69) is 10.1 Å². The maximum atomic E-state index is 12.7. The number of halogens is 1. The maximum absolute atomic E-state index is 12.7. The van der Waals surface area contributed by atoms with E-state index in [1.54, 1.807) is 10.9 Å². The molecule has 4 nitrogen and oxygen atoms in total. The van der Waals surface area contributed by atoms with Crippen LogP contribution < -0.4 is 0 Å². The van der Waals surface area contributed by atoms with E-state index in [0.717, 1.165) is 12.5 Å². The first-order chi connectivity index (χ1) is 7.74. The summed E-state index contributed by atoms with van der Waals surface area (Å²) in [4.78, 5) is 14.7. The van der Waals surface area contributed by atoms with Gasteiger partial charge >= 0.3 is 0 Å². The van der Waals surface area contributed by atoms with E-state index < -0.39 is 5.82 Å². The van der Waals surface area contributed by atoms with Crippen molar-refractivity contribution < 1.29 is 9.18 Å². The minimum Gasteiger partial charge on any atom is -0.298 e. The van der Waals surface area contributed by atoms with Crippen LogP contribution in [-0.4, -0.2) is 21.1 Å². The highest BCUT2D eigenvalue weighted by atomic mass is 19.1. The summed E-state index contributed by atoms with van der Waals surface area (Å²) in [6.45, 7) is 2.59. The Labute approximate surface area is 91.7 Å². The summed E-state index contributed by atoms with van der Waals surface area (Å²) in [6.07, 6.45) is 3.47. The molecule has 0 bridgehead atoms. The minimum absolute atomic E-state index is 0.411. The Morgan fingerprint density at radius 3 is 2.88 bits per heavy atom. The van der Waals surface area contributed by atoms with E-state index in [-0.39, 0.29) is 0 Å². The van der Waals surface area contributed by atoms with Crippen molar-refractivity contribution in [3.63, 3.8) is 0 Å². The molecular weight excluding hydrogens is 209 g/mol. The molecule has 0 saturated carbocycles. The monoisotopic (exact) mass is 219 g/mol. The van der Waals surface area contributed by atoms with Crippen LogP contribution in [0.4, 0.5) is 4.39 Å². The number of nitrogens with zero attached hydrogens (tertiary/aromatic N) is 3. The largest absolute Gasteiger partial charge is 0.298 e. The lowest BCUT2D eigenvalue weighted by atomic mass is 10.2. The Hall–Kier alpha value is -2.04. The van der Waals surface area contributed by atoms with E-state index in [4.69, 9.17) is 0 Å². The van der Waals surface area contributed by atoms with Gasteiger partial charge in [0.05, 0.1) is 17.5 Å². The highest BCUT2D eigenvalue weighted by molar-refractivity contribution is 5.84. The van der Waals surface area contributed by atoms with E-state index in [0.29, 0.717) is 23.5 Å². The molecule has 2 rings (SSSR count). The summed E-state index contributed by atoms with van der Waals surface area (Å²) in [6, 6.07) is 2.80. The maximum Gasteiger partial charge on any atom is 0.153 e. The fourth-order valence-corrected chi connectivity index (χ4v) is 1.40. The quantitative estimate of drug-likeness (QED) is 0.741. The lowest BCUT2D eigenvalue weighted by molar-refractivity contribution is 0.112. The molecule has 0 N–H and O–H groups in total. The topological polar surface area (TPSA) is 47.8 Å². The fraction of sp³-hybridized carbons (Fsp3) is 0.182. The van der Waals surface area contributed by atoms with Crippen molar-refractivity contribution in [2.45, 2.75) is 13.5 Å². The van der Waals surface area contributed by atoms with Crippen LogP contribution in [0.3, 0.4) is 0 Å². The Bertz CT molecular complexity index is 504. The van der Waals surface area contributed by atoms with Gasteiger partial charge in [0, 0.05) is 12.7 Å². The zero-order chi connectivity index (χ0) is 11.5. The predicted molar refractivity (Wildman–Crippen MR) is 56.5 cm³/mol. The average Bonchev–Trinajstić information content (AvgIpc) is 2.73. The van der Waals surface area contributed by atoms with Gasteiger partial charge in [-0.25, -0.2) is 4.39 Å². The first-order valence-corrected chi connectivity index (χ1v) is 4.89. The lowest BCUT2D eigenvalue weighted by Crippen LogP contribution is -1.94. The Morgan fingerprint density at radius 2 is 2.31 bits per heavy atom. The fourth-order valence-electron chi connectivity index (χ4n) is 1.40. The summed E-state index contributed by atoms with van der Waals surface area (Å²) in [5, 5.41) is 4.20. The molecular formula is C11H10FN3O. The van der Waals surface area contributed by atoms with Crippen LogP contribution in [-0.2, 0) is 6.54 Å². The van der Waals surface area contributed by atoms with Crippen LogP contribution in [0.15, 0.2) is 24.5 Å². The third-order valence-electron chi connectivity index (χ3n) is 2.21. The molecule has 2 aromatic heterocycles. The molecule has 0 aliphatic heterocycles. The Balaban J connectivity index is 2.49. The highest BCUT2D eigenvalue weighted by Crippen LogP contribution is 2.18. The Morgan fingerprint density at radius 1 is 1.50 bits per heavy atom. The molecule has 16 heavy (non-hydrogen) atoms. The summed E-state index contributed by atoms with van der Waals surface area (Å²) in [7, 11) is 0. The summed E-state index contributed by atoms with van der Waals surface area (Å²) < 4.78 is 14.3. The molecule has 5 heteroatoms. The van der Waals surface area contributed by atoms with Gasteiger partial charge in [0.15, 0.2) is 6.29 Å². The van der Waals surface area contributed by atoms with Gasteiger partial charge in [0.1, 0.15) is 11.5 Å². The third kappa shape index (κ3) is 1.84. The number of rotatable bonds is 3. The number of pyridine rings is 1. The van der Waals surface area contributed by atoms with E-state index in [9.17, 15) is 9.18 Å². The van der Waals surface area contributed by atoms with Crippen molar-refractivity contribution in [2.24, 2.45) is 0 Å². The second-order valence-corrected chi connectivity index (χ2v) is 3.27. The van der Waals surface area contributed by atoms with Crippen LogP contribution in [0.25, 0.3) is 11.4 Å². The highest BCUT2D eigenvalue weighted by Gasteiger charge is 2.11. The van der Waals surface area contributed by atoms with Crippen molar-refractivity contribution in [1.82, 2.24) is 14.8 Å². The molecule has 0 spiro atoms. The van der Waals surface area contributed by atoms with E-state index in [1.807, 2.05) is 6.92 Å². The number of aryl methyl sites for hydroxylation is 1. The first-order valence-electron chi connectivity index (χ1n) is 4.89. The van der Waals surface area contributed by atoms with Gasteiger partial charge in [0.2, 0.25) is 0 Å². The summed E-state index contributed by atoms with van der Waals surface area (Å²) >= 11 is 0. The third-order valence-corrected chi connectivity index (χ3v) is 2.21. The second kappa shape index (κ2) is 4.22. The summed E-state index contributed by atoms with van der Waals surface area (Å²) in [5.74, 6) is -0.411. The van der Waals surface area contributed by atoms with Gasteiger partial charge in [-0.1, -0.05) is 0 Å². The van der Waals surface area contributed by atoms with Gasteiger partial charge in [-0.15, -0.1) is 0 Å². The molecule has 0 unspecified atom stereocenters. The van der Waals surface area contributed by atoms with Gasteiger partial charge in [-0.2, -0.15) is 5.10 Å². The van der Waals surface area contributed by atoms with Crippen molar-refractivity contribution in [1.29, 1.82) is 0 Å². The van der Waals surface area contributed by atoms with Crippen molar-refractivity contribution in [3.8, 4) is 11.4 Å². The van der Waals surface area contributed by atoms with Crippen molar-refractivity contribution >= 4 is 6.29 Å². The molecule has 0 atom stereocenters. The SMILES string of the molecule is CCn1cc(C=O)c(-c2ccc(F)cn2)n1. The van der Waals surface area contributed by atoms with Crippen LogP contribution in [0.1, 0.15) is 17.3 Å². The van der Waals surface area contributed by atoms with Crippen molar-refractivity contribution in [2.75, 3.05) is 0 Å². The number of carbonyl (C=O) groups excluding carboxylic acids is 1.